The first kappa shape index (κ1) is 18.8. The van der Waals surface area contributed by atoms with Gasteiger partial charge < -0.3 is 9.64 Å². The Labute approximate surface area is 137 Å². The summed E-state index contributed by atoms with van der Waals surface area (Å²) in [6.45, 7) is 5.45. The van der Waals surface area contributed by atoms with E-state index in [1.54, 1.807) is 38.1 Å². The molecule has 1 amide bonds. The van der Waals surface area contributed by atoms with Gasteiger partial charge in [0.25, 0.3) is 5.91 Å². The Morgan fingerprint density at radius 2 is 1.86 bits per heavy atom. The molecule has 22 heavy (non-hydrogen) atoms. The van der Waals surface area contributed by atoms with Gasteiger partial charge in [-0.1, -0.05) is 18.5 Å². The van der Waals surface area contributed by atoms with Crippen molar-refractivity contribution in [2.45, 2.75) is 26.8 Å². The molecular weight excluding hydrogens is 326 g/mol. The first-order valence-electron chi connectivity index (χ1n) is 7.17. The average molecular weight is 348 g/mol. The molecule has 124 valence electrons. The van der Waals surface area contributed by atoms with Gasteiger partial charge in [-0.25, -0.2) is 8.42 Å². The van der Waals surface area contributed by atoms with E-state index < -0.39 is 9.84 Å². The maximum absolute atomic E-state index is 12.2. The number of nitrogens with zero attached hydrogens (tertiary/aromatic N) is 1. The number of benzene rings is 1. The zero-order valence-corrected chi connectivity index (χ0v) is 14.7. The molecule has 0 bridgehead atoms. The van der Waals surface area contributed by atoms with Gasteiger partial charge in [-0.3, -0.25) is 4.79 Å². The summed E-state index contributed by atoms with van der Waals surface area (Å²) >= 11 is 5.78. The highest BCUT2D eigenvalue weighted by Gasteiger charge is 2.23. The number of carbonyl (C=O) groups excluding carboxylic acids is 1. The van der Waals surface area contributed by atoms with Crippen molar-refractivity contribution in [1.29, 1.82) is 0 Å². The average Bonchev–Trinajstić information content (AvgIpc) is 2.47. The lowest BCUT2D eigenvalue weighted by molar-refractivity contribution is -0.134. The third-order valence-electron chi connectivity index (χ3n) is 3.30. The summed E-state index contributed by atoms with van der Waals surface area (Å²) in [7, 11) is -3.13. The molecule has 0 unspecified atom stereocenters. The number of carbonyl (C=O) groups is 1. The van der Waals surface area contributed by atoms with E-state index in [0.29, 0.717) is 17.3 Å². The molecular formula is C15H22ClNO4S. The van der Waals surface area contributed by atoms with Gasteiger partial charge in [0.2, 0.25) is 0 Å². The van der Waals surface area contributed by atoms with Crippen LogP contribution in [0.15, 0.2) is 24.3 Å². The second-order valence-electron chi connectivity index (χ2n) is 4.97. The summed E-state index contributed by atoms with van der Waals surface area (Å²) in [5, 5.41) is 0.590. The monoisotopic (exact) mass is 347 g/mol. The smallest absolute Gasteiger partial charge is 0.260 e. The molecule has 0 aliphatic carbocycles. The summed E-state index contributed by atoms with van der Waals surface area (Å²) in [6, 6.07) is 6.33. The minimum absolute atomic E-state index is 0.0377. The Balaban J connectivity index is 2.62. The summed E-state index contributed by atoms with van der Waals surface area (Å²) < 4.78 is 28.8. The Morgan fingerprint density at radius 3 is 2.36 bits per heavy atom. The Bertz CT molecular complexity index is 586. The van der Waals surface area contributed by atoms with Crippen molar-refractivity contribution in [3.8, 4) is 5.75 Å². The number of ether oxygens (including phenoxy) is 1. The molecule has 0 aliphatic rings. The Kier molecular flexibility index (Phi) is 7.16. The van der Waals surface area contributed by atoms with Gasteiger partial charge in [0.05, 0.1) is 5.75 Å². The van der Waals surface area contributed by atoms with Gasteiger partial charge in [-0.15, -0.1) is 0 Å². The molecule has 1 atom stereocenters. The van der Waals surface area contributed by atoms with Crippen LogP contribution >= 0.6 is 11.6 Å². The van der Waals surface area contributed by atoms with Crippen molar-refractivity contribution >= 4 is 27.3 Å². The van der Waals surface area contributed by atoms with Gasteiger partial charge in [0.15, 0.2) is 16.4 Å². The van der Waals surface area contributed by atoms with Crippen LogP contribution < -0.4 is 4.74 Å². The minimum atomic E-state index is -3.13. The first-order valence-corrected chi connectivity index (χ1v) is 9.37. The van der Waals surface area contributed by atoms with Gasteiger partial charge in [0.1, 0.15) is 5.75 Å². The molecule has 0 aromatic heterocycles. The van der Waals surface area contributed by atoms with Crippen LogP contribution in [0.5, 0.6) is 5.75 Å². The molecule has 5 nitrogen and oxygen atoms in total. The lowest BCUT2D eigenvalue weighted by atomic mass is 10.3. The van der Waals surface area contributed by atoms with E-state index in [1.165, 1.54) is 4.90 Å². The summed E-state index contributed by atoms with van der Waals surface area (Å²) in [6.07, 6.45) is 0. The van der Waals surface area contributed by atoms with Crippen LogP contribution in [-0.4, -0.2) is 49.9 Å². The van der Waals surface area contributed by atoms with E-state index in [0.717, 1.165) is 0 Å². The molecule has 0 saturated heterocycles. The molecule has 0 aliphatic heterocycles. The molecule has 0 radical (unpaired) electrons. The van der Waals surface area contributed by atoms with E-state index in [4.69, 9.17) is 16.3 Å². The molecule has 1 aromatic rings. The van der Waals surface area contributed by atoms with Gasteiger partial charge in [0, 0.05) is 23.4 Å². The van der Waals surface area contributed by atoms with Gasteiger partial charge >= 0.3 is 0 Å². The third kappa shape index (κ3) is 5.85. The van der Waals surface area contributed by atoms with Crippen LogP contribution in [0.2, 0.25) is 5.02 Å². The predicted octanol–water partition coefficient (Wildman–Crippen LogP) is 2.39. The zero-order valence-electron chi connectivity index (χ0n) is 13.1. The molecule has 0 heterocycles. The Morgan fingerprint density at radius 1 is 1.27 bits per heavy atom. The Hall–Kier alpha value is -1.27. The number of hydrogen-bond donors (Lipinski definition) is 0. The van der Waals surface area contributed by atoms with Crippen molar-refractivity contribution in [1.82, 2.24) is 4.90 Å². The van der Waals surface area contributed by atoms with Crippen molar-refractivity contribution in [3.63, 3.8) is 0 Å². The first-order chi connectivity index (χ1) is 10.3. The highest BCUT2D eigenvalue weighted by molar-refractivity contribution is 7.91. The summed E-state index contributed by atoms with van der Waals surface area (Å²) in [4.78, 5) is 13.7. The molecule has 1 rings (SSSR count). The van der Waals surface area contributed by atoms with E-state index in [9.17, 15) is 13.2 Å². The van der Waals surface area contributed by atoms with Gasteiger partial charge in [-0.2, -0.15) is 0 Å². The molecule has 0 N–H and O–H groups in total. The number of amides is 1. The number of rotatable bonds is 8. The van der Waals surface area contributed by atoms with Crippen LogP contribution in [-0.2, 0) is 14.6 Å². The molecule has 0 saturated carbocycles. The summed E-state index contributed by atoms with van der Waals surface area (Å²) in [5.74, 6) is 0.341. The van der Waals surface area contributed by atoms with E-state index in [2.05, 4.69) is 0 Å². The van der Waals surface area contributed by atoms with Crippen LogP contribution in [0, 0.1) is 0 Å². The molecule has 1 aromatic carbocycles. The van der Waals surface area contributed by atoms with Crippen molar-refractivity contribution < 1.29 is 17.9 Å². The second-order valence-corrected chi connectivity index (χ2v) is 7.80. The molecule has 0 fully saturated rings. The van der Waals surface area contributed by atoms with E-state index in [-0.39, 0.29) is 30.1 Å². The number of sulfone groups is 1. The van der Waals surface area contributed by atoms with E-state index >= 15 is 0 Å². The van der Waals surface area contributed by atoms with Crippen molar-refractivity contribution in [2.75, 3.05) is 24.7 Å². The molecule has 7 heteroatoms. The predicted molar refractivity (Wildman–Crippen MR) is 88.1 cm³/mol. The largest absolute Gasteiger partial charge is 0.484 e. The standard InChI is InChI=1S/C15H22ClNO4S/c1-4-17(12(3)11-22(19,20)5-2)15(18)10-21-14-8-6-13(16)7-9-14/h6-9,12H,4-5,10-11H2,1-3H3/t12-/m1/s1. The van der Waals surface area contributed by atoms with Crippen LogP contribution in [0.3, 0.4) is 0 Å². The molecule has 0 spiro atoms. The number of hydrogen-bond acceptors (Lipinski definition) is 4. The maximum Gasteiger partial charge on any atom is 0.260 e. The van der Waals surface area contributed by atoms with Crippen LogP contribution in [0.25, 0.3) is 0 Å². The van der Waals surface area contributed by atoms with Gasteiger partial charge in [-0.05, 0) is 38.1 Å². The lowest BCUT2D eigenvalue weighted by Gasteiger charge is -2.27. The fraction of sp³-hybridized carbons (Fsp3) is 0.533. The third-order valence-corrected chi connectivity index (χ3v) is 5.43. The topological polar surface area (TPSA) is 63.7 Å². The summed E-state index contributed by atoms with van der Waals surface area (Å²) in [5.41, 5.74) is 0. The lowest BCUT2D eigenvalue weighted by Crippen LogP contribution is -2.44. The quantitative estimate of drug-likeness (QED) is 0.724. The fourth-order valence-electron chi connectivity index (χ4n) is 2.07. The van der Waals surface area contributed by atoms with E-state index in [1.807, 2.05) is 6.92 Å². The minimum Gasteiger partial charge on any atom is -0.484 e. The number of halogens is 1. The highest BCUT2D eigenvalue weighted by Crippen LogP contribution is 2.15. The second kappa shape index (κ2) is 8.39. The zero-order chi connectivity index (χ0) is 16.8. The number of likely N-dealkylation sites (N-methyl/N-ethyl adjacent to an activating group) is 1. The van der Waals surface area contributed by atoms with Crippen LogP contribution in [0.4, 0.5) is 0 Å². The SMILES string of the molecule is CCN(C(=O)COc1ccc(Cl)cc1)[C@H](C)CS(=O)(=O)CC. The highest BCUT2D eigenvalue weighted by atomic mass is 35.5. The normalized spacial score (nSPS) is 12.7. The van der Waals surface area contributed by atoms with Crippen molar-refractivity contribution in [3.05, 3.63) is 29.3 Å². The van der Waals surface area contributed by atoms with Crippen LogP contribution in [0.1, 0.15) is 20.8 Å². The fourth-order valence-corrected chi connectivity index (χ4v) is 3.34. The van der Waals surface area contributed by atoms with Crippen molar-refractivity contribution in [2.24, 2.45) is 0 Å². The maximum atomic E-state index is 12.2.